The highest BCUT2D eigenvalue weighted by atomic mass is 79.9. The first-order valence-electron chi connectivity index (χ1n) is 7.20. The minimum Gasteiger partial charge on any atom is -0.496 e. The summed E-state index contributed by atoms with van der Waals surface area (Å²) < 4.78 is 6.30. The van der Waals surface area contributed by atoms with Gasteiger partial charge in [0.2, 0.25) is 0 Å². The number of nitrogens with one attached hydrogen (secondary N) is 1. The Kier molecular flexibility index (Phi) is 5.43. The van der Waals surface area contributed by atoms with Gasteiger partial charge >= 0.3 is 0 Å². The molecule has 0 saturated carbocycles. The van der Waals surface area contributed by atoms with Crippen LogP contribution in [-0.4, -0.2) is 13.7 Å². The molecular formula is C18H22BrNO. The van der Waals surface area contributed by atoms with E-state index >= 15 is 0 Å². The van der Waals surface area contributed by atoms with Crippen molar-refractivity contribution in [3.63, 3.8) is 0 Å². The molecule has 0 saturated heterocycles. The summed E-state index contributed by atoms with van der Waals surface area (Å²) in [5, 5.41) is 3.57. The molecule has 21 heavy (non-hydrogen) atoms. The lowest BCUT2D eigenvalue weighted by atomic mass is 9.95. The Labute approximate surface area is 135 Å². The predicted molar refractivity (Wildman–Crippen MR) is 92.1 cm³/mol. The maximum Gasteiger partial charge on any atom is 0.133 e. The largest absolute Gasteiger partial charge is 0.496 e. The number of hydrogen-bond donors (Lipinski definition) is 1. The van der Waals surface area contributed by atoms with E-state index in [1.807, 2.05) is 6.07 Å². The lowest BCUT2D eigenvalue weighted by molar-refractivity contribution is 0.412. The first-order chi connectivity index (χ1) is 10.0. The number of benzene rings is 2. The zero-order valence-corrected chi connectivity index (χ0v) is 14.6. The van der Waals surface area contributed by atoms with E-state index in [0.29, 0.717) is 0 Å². The number of methoxy groups -OCH3 is 1. The van der Waals surface area contributed by atoms with Crippen molar-refractivity contribution in [3.05, 3.63) is 63.1 Å². The van der Waals surface area contributed by atoms with Crippen LogP contribution < -0.4 is 10.1 Å². The van der Waals surface area contributed by atoms with Crippen molar-refractivity contribution in [2.45, 2.75) is 26.8 Å². The number of hydrogen-bond acceptors (Lipinski definition) is 2. The van der Waals surface area contributed by atoms with Crippen molar-refractivity contribution in [1.29, 1.82) is 0 Å². The molecular weight excluding hydrogens is 326 g/mol. The average molecular weight is 348 g/mol. The van der Waals surface area contributed by atoms with Gasteiger partial charge in [0.05, 0.1) is 17.6 Å². The van der Waals surface area contributed by atoms with Crippen LogP contribution >= 0.6 is 15.9 Å². The van der Waals surface area contributed by atoms with Crippen molar-refractivity contribution in [2.24, 2.45) is 0 Å². The van der Waals surface area contributed by atoms with Crippen molar-refractivity contribution in [2.75, 3.05) is 13.7 Å². The van der Waals surface area contributed by atoms with Crippen LogP contribution in [0.5, 0.6) is 5.75 Å². The van der Waals surface area contributed by atoms with Crippen LogP contribution in [0.3, 0.4) is 0 Å². The van der Waals surface area contributed by atoms with Gasteiger partial charge in [-0.1, -0.05) is 42.3 Å². The molecule has 0 radical (unpaired) electrons. The van der Waals surface area contributed by atoms with Gasteiger partial charge in [0, 0.05) is 0 Å². The normalized spacial score (nSPS) is 12.2. The van der Waals surface area contributed by atoms with Crippen LogP contribution in [0.4, 0.5) is 0 Å². The van der Waals surface area contributed by atoms with Gasteiger partial charge in [-0.3, -0.25) is 0 Å². The first-order valence-corrected chi connectivity index (χ1v) is 7.99. The summed E-state index contributed by atoms with van der Waals surface area (Å²) in [4.78, 5) is 0. The Morgan fingerprint density at radius 1 is 1.05 bits per heavy atom. The monoisotopic (exact) mass is 347 g/mol. The lowest BCUT2D eigenvalue weighted by Crippen LogP contribution is -2.22. The number of rotatable bonds is 5. The number of ether oxygens (including phenoxy) is 1. The highest BCUT2D eigenvalue weighted by molar-refractivity contribution is 9.10. The van der Waals surface area contributed by atoms with E-state index < -0.39 is 0 Å². The van der Waals surface area contributed by atoms with E-state index in [1.54, 1.807) is 7.11 Å². The van der Waals surface area contributed by atoms with Gasteiger partial charge < -0.3 is 10.1 Å². The van der Waals surface area contributed by atoms with E-state index in [1.165, 1.54) is 22.3 Å². The molecule has 0 heterocycles. The minimum atomic E-state index is 0.191. The van der Waals surface area contributed by atoms with Crippen LogP contribution in [0.1, 0.15) is 35.2 Å². The SMILES string of the molecule is CCNC(c1cc(C)cc(C)c1)c1ccc(OC)c(Br)c1. The maximum absolute atomic E-state index is 5.32. The van der Waals surface area contributed by atoms with Crippen molar-refractivity contribution in [1.82, 2.24) is 5.32 Å². The van der Waals surface area contributed by atoms with Crippen LogP contribution in [0.15, 0.2) is 40.9 Å². The Morgan fingerprint density at radius 3 is 2.24 bits per heavy atom. The molecule has 2 aromatic carbocycles. The fraction of sp³-hybridized carbons (Fsp3) is 0.333. The Hall–Kier alpha value is -1.32. The van der Waals surface area contributed by atoms with Crippen molar-refractivity contribution in [3.8, 4) is 5.75 Å². The molecule has 2 nitrogen and oxygen atoms in total. The van der Waals surface area contributed by atoms with Gasteiger partial charge in [0.15, 0.2) is 0 Å². The second-order valence-corrected chi connectivity index (χ2v) is 6.16. The van der Waals surface area contributed by atoms with Crippen molar-refractivity contribution >= 4 is 15.9 Å². The fourth-order valence-corrected chi connectivity index (χ4v) is 3.23. The standard InChI is InChI=1S/C18H22BrNO/c1-5-20-18(15-9-12(2)8-13(3)10-15)14-6-7-17(21-4)16(19)11-14/h6-11,18,20H,5H2,1-4H3. The quantitative estimate of drug-likeness (QED) is 0.840. The Bertz CT molecular complexity index is 604. The molecule has 2 aromatic rings. The number of halogens is 1. The summed E-state index contributed by atoms with van der Waals surface area (Å²) in [5.41, 5.74) is 5.11. The summed E-state index contributed by atoms with van der Waals surface area (Å²) in [6.07, 6.45) is 0. The van der Waals surface area contributed by atoms with E-state index in [2.05, 4.69) is 72.3 Å². The van der Waals surface area contributed by atoms with Gasteiger partial charge in [-0.2, -0.15) is 0 Å². The van der Waals surface area contributed by atoms with Crippen LogP contribution in [0, 0.1) is 13.8 Å². The summed E-state index contributed by atoms with van der Waals surface area (Å²) in [6, 6.07) is 13.1. The molecule has 0 aromatic heterocycles. The third-order valence-corrected chi connectivity index (χ3v) is 4.11. The zero-order valence-electron chi connectivity index (χ0n) is 13.0. The molecule has 1 atom stereocenters. The summed E-state index contributed by atoms with van der Waals surface area (Å²) in [6.45, 7) is 7.34. The van der Waals surface area contributed by atoms with Gasteiger partial charge in [-0.15, -0.1) is 0 Å². The lowest BCUT2D eigenvalue weighted by Gasteiger charge is -2.21. The van der Waals surface area contributed by atoms with E-state index in [0.717, 1.165) is 16.8 Å². The molecule has 1 unspecified atom stereocenters. The summed E-state index contributed by atoms with van der Waals surface area (Å²) >= 11 is 3.58. The van der Waals surface area contributed by atoms with E-state index in [4.69, 9.17) is 4.74 Å². The van der Waals surface area contributed by atoms with Crippen molar-refractivity contribution < 1.29 is 4.74 Å². The summed E-state index contributed by atoms with van der Waals surface area (Å²) in [7, 11) is 1.69. The minimum absolute atomic E-state index is 0.191. The molecule has 112 valence electrons. The molecule has 0 aliphatic rings. The van der Waals surface area contributed by atoms with E-state index in [9.17, 15) is 0 Å². The maximum atomic E-state index is 5.32. The van der Waals surface area contributed by atoms with Gasteiger partial charge in [0.25, 0.3) is 0 Å². The van der Waals surface area contributed by atoms with Crippen LogP contribution in [0.25, 0.3) is 0 Å². The van der Waals surface area contributed by atoms with Gasteiger partial charge in [-0.25, -0.2) is 0 Å². The molecule has 2 rings (SSSR count). The predicted octanol–water partition coefficient (Wildman–Crippen LogP) is 4.77. The number of aryl methyl sites for hydroxylation is 2. The second kappa shape index (κ2) is 7.10. The Balaban J connectivity index is 2.45. The second-order valence-electron chi connectivity index (χ2n) is 5.31. The molecule has 0 aliphatic carbocycles. The third-order valence-electron chi connectivity index (χ3n) is 3.49. The molecule has 0 spiro atoms. The third kappa shape index (κ3) is 3.86. The van der Waals surface area contributed by atoms with Gasteiger partial charge in [0.1, 0.15) is 5.75 Å². The topological polar surface area (TPSA) is 21.3 Å². The zero-order chi connectivity index (χ0) is 15.4. The highest BCUT2D eigenvalue weighted by Gasteiger charge is 2.15. The Morgan fingerprint density at radius 2 is 1.71 bits per heavy atom. The summed E-state index contributed by atoms with van der Waals surface area (Å²) in [5.74, 6) is 0.856. The highest BCUT2D eigenvalue weighted by Crippen LogP contribution is 2.31. The molecule has 0 aliphatic heterocycles. The van der Waals surface area contributed by atoms with Crippen LogP contribution in [-0.2, 0) is 0 Å². The molecule has 0 bridgehead atoms. The molecule has 1 N–H and O–H groups in total. The molecule has 3 heteroatoms. The fourth-order valence-electron chi connectivity index (χ4n) is 2.67. The molecule has 0 amide bonds. The smallest absolute Gasteiger partial charge is 0.133 e. The van der Waals surface area contributed by atoms with Crippen LogP contribution in [0.2, 0.25) is 0 Å². The van der Waals surface area contributed by atoms with Gasteiger partial charge in [-0.05, 0) is 59.6 Å². The van der Waals surface area contributed by atoms with E-state index in [-0.39, 0.29) is 6.04 Å². The average Bonchev–Trinajstić information content (AvgIpc) is 2.43. The molecule has 0 fully saturated rings. The first kappa shape index (κ1) is 16.1.